The first-order valence-electron chi connectivity index (χ1n) is 9.76. The number of hydrogen-bond donors (Lipinski definition) is 1. The maximum atomic E-state index is 12.5. The summed E-state index contributed by atoms with van der Waals surface area (Å²) in [6, 6.07) is 10.6. The zero-order valence-corrected chi connectivity index (χ0v) is 16.3. The summed E-state index contributed by atoms with van der Waals surface area (Å²) < 4.78 is 5.61. The SMILES string of the molecule is O=C(CSc1n[nH]c(C2CCCO2)n1)N1CCC(Cc2ccccc2)CC1. The molecule has 0 bridgehead atoms. The average molecular weight is 387 g/mol. The predicted molar refractivity (Wildman–Crippen MR) is 104 cm³/mol. The van der Waals surface area contributed by atoms with E-state index < -0.39 is 0 Å². The summed E-state index contributed by atoms with van der Waals surface area (Å²) in [7, 11) is 0. The third kappa shape index (κ3) is 4.90. The molecule has 2 aliphatic rings. The van der Waals surface area contributed by atoms with E-state index in [9.17, 15) is 4.79 Å². The van der Waals surface area contributed by atoms with Crippen LogP contribution in [-0.4, -0.2) is 51.4 Å². The van der Waals surface area contributed by atoms with Gasteiger partial charge in [0.1, 0.15) is 6.10 Å². The van der Waals surface area contributed by atoms with Crippen LogP contribution in [0.15, 0.2) is 35.5 Å². The Morgan fingerprint density at radius 1 is 1.22 bits per heavy atom. The first-order chi connectivity index (χ1) is 13.3. The van der Waals surface area contributed by atoms with E-state index in [1.807, 2.05) is 4.90 Å². The molecular formula is C20H26N4O2S. The van der Waals surface area contributed by atoms with Crippen molar-refractivity contribution >= 4 is 17.7 Å². The molecule has 1 amide bonds. The van der Waals surface area contributed by atoms with Crippen LogP contribution in [-0.2, 0) is 16.0 Å². The normalized spacial score (nSPS) is 20.9. The van der Waals surface area contributed by atoms with E-state index in [0.29, 0.717) is 16.8 Å². The van der Waals surface area contributed by atoms with E-state index >= 15 is 0 Å². The van der Waals surface area contributed by atoms with Gasteiger partial charge < -0.3 is 9.64 Å². The van der Waals surface area contributed by atoms with Crippen molar-refractivity contribution in [1.29, 1.82) is 0 Å². The van der Waals surface area contributed by atoms with Gasteiger partial charge in [-0.1, -0.05) is 42.1 Å². The van der Waals surface area contributed by atoms with Crippen LogP contribution in [0.25, 0.3) is 0 Å². The number of nitrogens with zero attached hydrogens (tertiary/aromatic N) is 3. The number of piperidine rings is 1. The van der Waals surface area contributed by atoms with Crippen LogP contribution in [0.2, 0.25) is 0 Å². The van der Waals surface area contributed by atoms with Crippen LogP contribution in [0.3, 0.4) is 0 Å². The third-order valence-corrected chi connectivity index (χ3v) is 6.21. The van der Waals surface area contributed by atoms with Gasteiger partial charge in [0.25, 0.3) is 0 Å². The van der Waals surface area contributed by atoms with Crippen LogP contribution in [0.4, 0.5) is 0 Å². The molecule has 0 saturated carbocycles. The standard InChI is InChI=1S/C20H26N4O2S/c25-18(14-27-20-21-19(22-23-20)17-7-4-12-26-17)24-10-8-16(9-11-24)13-15-5-2-1-3-6-15/h1-3,5-6,16-17H,4,7-14H2,(H,21,22,23). The number of thioether (sulfide) groups is 1. The molecule has 0 radical (unpaired) electrons. The number of aromatic nitrogens is 3. The minimum atomic E-state index is 0.0335. The molecular weight excluding hydrogens is 360 g/mol. The third-order valence-electron chi connectivity index (χ3n) is 5.38. The van der Waals surface area contributed by atoms with Gasteiger partial charge in [-0.05, 0) is 43.6 Å². The van der Waals surface area contributed by atoms with Crippen LogP contribution in [0, 0.1) is 5.92 Å². The number of carbonyl (C=O) groups excluding carboxylic acids is 1. The topological polar surface area (TPSA) is 71.1 Å². The van der Waals surface area contributed by atoms with Gasteiger partial charge in [-0.15, -0.1) is 5.10 Å². The fourth-order valence-electron chi connectivity index (χ4n) is 3.81. The van der Waals surface area contributed by atoms with Crippen molar-refractivity contribution in [2.75, 3.05) is 25.4 Å². The second kappa shape index (κ2) is 8.89. The maximum Gasteiger partial charge on any atom is 0.233 e. The smallest absolute Gasteiger partial charge is 0.233 e. The summed E-state index contributed by atoms with van der Waals surface area (Å²) in [5.41, 5.74) is 1.39. The molecule has 2 fully saturated rings. The summed E-state index contributed by atoms with van der Waals surface area (Å²) in [6.07, 6.45) is 5.35. The number of hydrogen-bond acceptors (Lipinski definition) is 5. The molecule has 2 aromatic rings. The number of carbonyl (C=O) groups is 1. The number of likely N-dealkylation sites (tertiary alicyclic amines) is 1. The molecule has 0 spiro atoms. The molecule has 3 heterocycles. The monoisotopic (exact) mass is 386 g/mol. The van der Waals surface area contributed by atoms with E-state index in [1.54, 1.807) is 0 Å². The molecule has 1 aromatic heterocycles. The highest BCUT2D eigenvalue weighted by molar-refractivity contribution is 7.99. The quantitative estimate of drug-likeness (QED) is 0.772. The van der Waals surface area contributed by atoms with Gasteiger partial charge in [0, 0.05) is 19.7 Å². The predicted octanol–water partition coefficient (Wildman–Crippen LogP) is 3.23. The second-order valence-electron chi connectivity index (χ2n) is 7.31. The van der Waals surface area contributed by atoms with Crippen LogP contribution in [0.1, 0.15) is 43.2 Å². The molecule has 7 heteroatoms. The fourth-order valence-corrected chi connectivity index (χ4v) is 4.52. The highest BCUT2D eigenvalue weighted by Crippen LogP contribution is 2.27. The molecule has 1 aromatic carbocycles. The molecule has 2 saturated heterocycles. The minimum absolute atomic E-state index is 0.0335. The number of nitrogens with one attached hydrogen (secondary N) is 1. The summed E-state index contributed by atoms with van der Waals surface area (Å²) in [6.45, 7) is 2.49. The number of rotatable bonds is 6. The van der Waals surface area contributed by atoms with Gasteiger partial charge in [0.2, 0.25) is 11.1 Å². The average Bonchev–Trinajstić information content (AvgIpc) is 3.39. The van der Waals surface area contributed by atoms with Crippen molar-refractivity contribution in [3.05, 3.63) is 41.7 Å². The summed E-state index contributed by atoms with van der Waals surface area (Å²) in [4.78, 5) is 19.0. The molecule has 27 heavy (non-hydrogen) atoms. The van der Waals surface area contributed by atoms with Gasteiger partial charge in [-0.2, -0.15) is 0 Å². The first kappa shape index (κ1) is 18.5. The largest absolute Gasteiger partial charge is 0.370 e. The number of aromatic amines is 1. The Hall–Kier alpha value is -1.86. The number of ether oxygens (including phenoxy) is 1. The maximum absolute atomic E-state index is 12.5. The highest BCUT2D eigenvalue weighted by atomic mass is 32.2. The second-order valence-corrected chi connectivity index (χ2v) is 8.25. The Kier molecular flexibility index (Phi) is 6.09. The summed E-state index contributed by atoms with van der Waals surface area (Å²) in [5.74, 6) is 2.03. The lowest BCUT2D eigenvalue weighted by Crippen LogP contribution is -2.39. The molecule has 4 rings (SSSR count). The Balaban J connectivity index is 1.20. The van der Waals surface area contributed by atoms with Crippen molar-refractivity contribution in [1.82, 2.24) is 20.1 Å². The summed E-state index contributed by atoms with van der Waals surface area (Å²) in [5, 5.41) is 7.79. The molecule has 144 valence electrons. The highest BCUT2D eigenvalue weighted by Gasteiger charge is 2.24. The Bertz CT molecular complexity index is 737. The van der Waals surface area contributed by atoms with Gasteiger partial charge in [0.05, 0.1) is 5.75 Å². The van der Waals surface area contributed by atoms with E-state index in [4.69, 9.17) is 4.74 Å². The number of benzene rings is 1. The van der Waals surface area contributed by atoms with Gasteiger partial charge in [0.15, 0.2) is 5.82 Å². The first-order valence-corrected chi connectivity index (χ1v) is 10.7. The van der Waals surface area contributed by atoms with E-state index in [1.165, 1.54) is 17.3 Å². The summed E-state index contributed by atoms with van der Waals surface area (Å²) >= 11 is 1.40. The van der Waals surface area contributed by atoms with Crippen LogP contribution >= 0.6 is 11.8 Å². The van der Waals surface area contributed by atoms with E-state index in [0.717, 1.165) is 57.6 Å². The van der Waals surface area contributed by atoms with E-state index in [2.05, 4.69) is 45.5 Å². The fraction of sp³-hybridized carbons (Fsp3) is 0.550. The molecule has 1 atom stereocenters. The van der Waals surface area contributed by atoms with Crippen molar-refractivity contribution in [2.24, 2.45) is 5.92 Å². The molecule has 6 nitrogen and oxygen atoms in total. The lowest BCUT2D eigenvalue weighted by atomic mass is 9.90. The van der Waals surface area contributed by atoms with Gasteiger partial charge in [-0.25, -0.2) is 4.98 Å². The van der Waals surface area contributed by atoms with Crippen molar-refractivity contribution in [2.45, 2.75) is 43.4 Å². The molecule has 0 aliphatic carbocycles. The van der Waals surface area contributed by atoms with Crippen molar-refractivity contribution in [3.8, 4) is 0 Å². The van der Waals surface area contributed by atoms with Gasteiger partial charge in [-0.3, -0.25) is 9.89 Å². The number of amides is 1. The molecule has 1 N–H and O–H groups in total. The lowest BCUT2D eigenvalue weighted by Gasteiger charge is -2.32. The lowest BCUT2D eigenvalue weighted by molar-refractivity contribution is -0.129. The minimum Gasteiger partial charge on any atom is -0.370 e. The van der Waals surface area contributed by atoms with Crippen LogP contribution < -0.4 is 0 Å². The number of H-pyrrole nitrogens is 1. The van der Waals surface area contributed by atoms with Crippen molar-refractivity contribution in [3.63, 3.8) is 0 Å². The Morgan fingerprint density at radius 2 is 2.04 bits per heavy atom. The van der Waals surface area contributed by atoms with E-state index in [-0.39, 0.29) is 12.0 Å². The van der Waals surface area contributed by atoms with Gasteiger partial charge >= 0.3 is 0 Å². The Morgan fingerprint density at radius 3 is 2.78 bits per heavy atom. The Labute approximate surface area is 164 Å². The zero-order valence-electron chi connectivity index (χ0n) is 15.5. The zero-order chi connectivity index (χ0) is 18.5. The van der Waals surface area contributed by atoms with Crippen molar-refractivity contribution < 1.29 is 9.53 Å². The molecule has 1 unspecified atom stereocenters. The molecule has 2 aliphatic heterocycles. The van der Waals surface area contributed by atoms with Crippen LogP contribution in [0.5, 0.6) is 0 Å².